The van der Waals surface area contributed by atoms with Crippen molar-refractivity contribution in [3.05, 3.63) is 30.3 Å². The highest BCUT2D eigenvalue weighted by Crippen LogP contribution is 2.23. The van der Waals surface area contributed by atoms with Crippen molar-refractivity contribution in [3.63, 3.8) is 0 Å². The molecule has 3 rings (SSSR count). The van der Waals surface area contributed by atoms with Crippen molar-refractivity contribution in [3.8, 4) is 11.6 Å². The summed E-state index contributed by atoms with van der Waals surface area (Å²) in [6, 6.07) is 8.37. The van der Waals surface area contributed by atoms with Crippen LogP contribution in [0.2, 0.25) is 0 Å². The van der Waals surface area contributed by atoms with Gasteiger partial charge in [-0.2, -0.15) is 8.78 Å². The number of aromatic nitrogens is 1. The molecule has 1 saturated heterocycles. The third-order valence-corrected chi connectivity index (χ3v) is 3.16. The second-order valence-corrected chi connectivity index (χ2v) is 4.69. The average molecular weight is 311 g/mol. The minimum Gasteiger partial charge on any atom is -0.493 e. The maximum Gasteiger partial charge on any atom is 0.388 e. The van der Waals surface area contributed by atoms with E-state index in [-0.39, 0.29) is 12.2 Å². The summed E-state index contributed by atoms with van der Waals surface area (Å²) in [7, 11) is 0. The molecule has 0 spiro atoms. The molecule has 1 aromatic heterocycles. The molecule has 22 heavy (non-hydrogen) atoms. The molecule has 0 bridgehead atoms. The molecule has 0 aliphatic carbocycles. The minimum atomic E-state index is -2.89. The molecule has 1 fully saturated rings. The summed E-state index contributed by atoms with van der Waals surface area (Å²) in [6.07, 6.45) is 0.407. The Morgan fingerprint density at radius 2 is 1.95 bits per heavy atom. The number of benzene rings is 1. The van der Waals surface area contributed by atoms with E-state index in [1.807, 2.05) is 6.07 Å². The molecule has 0 N–H and O–H groups in total. The van der Waals surface area contributed by atoms with Gasteiger partial charge in [-0.25, -0.2) is 4.98 Å². The van der Waals surface area contributed by atoms with Crippen molar-refractivity contribution in [1.29, 1.82) is 0 Å². The van der Waals surface area contributed by atoms with E-state index in [4.69, 9.17) is 14.2 Å². The Hall–Kier alpha value is -1.99. The number of pyridine rings is 1. The first-order chi connectivity index (χ1) is 10.7. The molecule has 0 unspecified atom stereocenters. The fraction of sp³-hybridized carbons (Fsp3) is 0.400. The zero-order valence-corrected chi connectivity index (χ0v) is 11.7. The number of nitrogens with zero attached hydrogens (tertiary/aromatic N) is 1. The molecule has 1 aliphatic heterocycles. The van der Waals surface area contributed by atoms with Gasteiger partial charge in [0, 0.05) is 23.9 Å². The van der Waals surface area contributed by atoms with Crippen LogP contribution < -0.4 is 9.47 Å². The van der Waals surface area contributed by atoms with E-state index in [0.717, 1.165) is 5.39 Å². The quantitative estimate of drug-likeness (QED) is 0.821. The molecule has 118 valence electrons. The van der Waals surface area contributed by atoms with E-state index in [1.165, 1.54) is 6.07 Å². The van der Waals surface area contributed by atoms with Crippen LogP contribution in [0.15, 0.2) is 30.3 Å². The summed E-state index contributed by atoms with van der Waals surface area (Å²) in [5, 5.41) is 0.816. The molecular weight excluding hydrogens is 296 g/mol. The summed E-state index contributed by atoms with van der Waals surface area (Å²) in [6.45, 7) is -1.24. The third kappa shape index (κ3) is 3.80. The van der Waals surface area contributed by atoms with Gasteiger partial charge in [0.1, 0.15) is 5.75 Å². The van der Waals surface area contributed by atoms with E-state index in [9.17, 15) is 8.78 Å². The normalized spacial score (nSPS) is 15.6. The molecule has 2 aromatic rings. The first-order valence-electron chi connectivity index (χ1n) is 6.92. The zero-order valence-electron chi connectivity index (χ0n) is 11.7. The maximum absolute atomic E-state index is 12.2. The van der Waals surface area contributed by atoms with Crippen molar-refractivity contribution >= 4 is 10.9 Å². The molecule has 0 radical (unpaired) electrons. The first-order valence-corrected chi connectivity index (χ1v) is 6.92. The number of hydrogen-bond acceptors (Lipinski definition) is 5. The molecule has 2 heterocycles. The lowest BCUT2D eigenvalue weighted by Crippen LogP contribution is -2.12. The van der Waals surface area contributed by atoms with Crippen molar-refractivity contribution < 1.29 is 27.7 Å². The standard InChI is InChI=1S/C15H15F2NO4/c16-15(17)22-13-4-2-10-1-3-11(9-12(10)18-13)19-6-5-14-20-7-8-21-14/h1-4,9,14-15H,5-8H2. The fourth-order valence-corrected chi connectivity index (χ4v) is 2.17. The summed E-state index contributed by atoms with van der Waals surface area (Å²) in [4.78, 5) is 4.03. The molecule has 5 nitrogen and oxygen atoms in total. The second kappa shape index (κ2) is 6.85. The van der Waals surface area contributed by atoms with Gasteiger partial charge in [-0.15, -0.1) is 0 Å². The number of fused-ring (bicyclic) bond motifs is 1. The Bertz CT molecular complexity index is 632. The molecule has 0 amide bonds. The minimum absolute atomic E-state index is 0.118. The highest BCUT2D eigenvalue weighted by atomic mass is 19.3. The van der Waals surface area contributed by atoms with E-state index >= 15 is 0 Å². The molecule has 1 aromatic carbocycles. The summed E-state index contributed by atoms with van der Waals surface area (Å²) < 4.78 is 44.9. The van der Waals surface area contributed by atoms with Crippen LogP contribution in [0.3, 0.4) is 0 Å². The second-order valence-electron chi connectivity index (χ2n) is 4.69. The van der Waals surface area contributed by atoms with Gasteiger partial charge >= 0.3 is 6.61 Å². The maximum atomic E-state index is 12.2. The number of alkyl halides is 2. The largest absolute Gasteiger partial charge is 0.493 e. The van der Waals surface area contributed by atoms with Crippen molar-refractivity contribution in [1.82, 2.24) is 4.98 Å². The van der Waals surface area contributed by atoms with Gasteiger partial charge in [-0.3, -0.25) is 0 Å². The van der Waals surface area contributed by atoms with Gasteiger partial charge in [0.2, 0.25) is 5.88 Å². The van der Waals surface area contributed by atoms with Gasteiger partial charge in [0.15, 0.2) is 6.29 Å². The molecular formula is C15H15F2NO4. The Morgan fingerprint density at radius 3 is 2.73 bits per heavy atom. The fourth-order valence-electron chi connectivity index (χ4n) is 2.17. The van der Waals surface area contributed by atoms with E-state index in [2.05, 4.69) is 9.72 Å². The van der Waals surface area contributed by atoms with Crippen LogP contribution >= 0.6 is 0 Å². The number of halogens is 2. The van der Waals surface area contributed by atoms with Crippen LogP contribution in [0.4, 0.5) is 8.78 Å². The van der Waals surface area contributed by atoms with Crippen molar-refractivity contribution in [2.45, 2.75) is 19.3 Å². The molecule has 0 atom stereocenters. The summed E-state index contributed by atoms with van der Waals surface area (Å²) >= 11 is 0. The Kier molecular flexibility index (Phi) is 4.65. The van der Waals surface area contributed by atoms with Gasteiger partial charge in [-0.1, -0.05) is 0 Å². The lowest BCUT2D eigenvalue weighted by atomic mass is 10.2. The van der Waals surface area contributed by atoms with Crippen LogP contribution in [0, 0.1) is 0 Å². The monoisotopic (exact) mass is 311 g/mol. The Balaban J connectivity index is 1.65. The van der Waals surface area contributed by atoms with Crippen molar-refractivity contribution in [2.24, 2.45) is 0 Å². The van der Waals surface area contributed by atoms with Crippen LogP contribution in [0.25, 0.3) is 10.9 Å². The SMILES string of the molecule is FC(F)Oc1ccc2ccc(OCCC3OCCO3)cc2n1. The predicted molar refractivity (Wildman–Crippen MR) is 74.2 cm³/mol. The summed E-state index contributed by atoms with van der Waals surface area (Å²) in [5.74, 6) is 0.486. The number of hydrogen-bond donors (Lipinski definition) is 0. The third-order valence-electron chi connectivity index (χ3n) is 3.16. The van der Waals surface area contributed by atoms with E-state index in [0.29, 0.717) is 37.5 Å². The number of ether oxygens (including phenoxy) is 4. The lowest BCUT2D eigenvalue weighted by Gasteiger charge is -2.11. The smallest absolute Gasteiger partial charge is 0.388 e. The summed E-state index contributed by atoms with van der Waals surface area (Å²) in [5.41, 5.74) is 0.531. The van der Waals surface area contributed by atoms with Crippen LogP contribution in [0.1, 0.15) is 6.42 Å². The Morgan fingerprint density at radius 1 is 1.18 bits per heavy atom. The van der Waals surface area contributed by atoms with Crippen LogP contribution in [0.5, 0.6) is 11.6 Å². The van der Waals surface area contributed by atoms with Gasteiger partial charge in [0.25, 0.3) is 0 Å². The predicted octanol–water partition coefficient (Wildman–Crippen LogP) is 2.98. The van der Waals surface area contributed by atoms with Gasteiger partial charge in [-0.05, 0) is 18.2 Å². The van der Waals surface area contributed by atoms with E-state index < -0.39 is 6.61 Å². The van der Waals surface area contributed by atoms with E-state index in [1.54, 1.807) is 18.2 Å². The van der Waals surface area contributed by atoms with Gasteiger partial charge in [0.05, 0.1) is 25.3 Å². The van der Waals surface area contributed by atoms with Crippen LogP contribution in [-0.4, -0.2) is 37.7 Å². The van der Waals surface area contributed by atoms with Crippen molar-refractivity contribution in [2.75, 3.05) is 19.8 Å². The zero-order chi connectivity index (χ0) is 15.4. The molecule has 7 heteroatoms. The topological polar surface area (TPSA) is 49.8 Å². The van der Waals surface area contributed by atoms with Gasteiger partial charge < -0.3 is 18.9 Å². The first kappa shape index (κ1) is 14.9. The highest BCUT2D eigenvalue weighted by molar-refractivity contribution is 5.80. The molecule has 1 aliphatic rings. The Labute approximate surface area is 125 Å². The molecule has 0 saturated carbocycles. The number of rotatable bonds is 6. The lowest BCUT2D eigenvalue weighted by molar-refractivity contribution is -0.0533. The average Bonchev–Trinajstić information content (AvgIpc) is 2.99. The van der Waals surface area contributed by atoms with Crippen LogP contribution in [-0.2, 0) is 9.47 Å². The highest BCUT2D eigenvalue weighted by Gasteiger charge is 2.15.